The molecule has 0 aliphatic heterocycles. The third-order valence-corrected chi connectivity index (χ3v) is 6.63. The van der Waals surface area contributed by atoms with E-state index in [0.717, 1.165) is 12.1 Å². The number of hydrogen-bond donors (Lipinski definition) is 0. The van der Waals surface area contributed by atoms with Gasteiger partial charge in [0.2, 0.25) is 5.89 Å². The summed E-state index contributed by atoms with van der Waals surface area (Å²) >= 11 is 5.63. The minimum absolute atomic E-state index is 0.0220. The van der Waals surface area contributed by atoms with Crippen LogP contribution in [0.15, 0.2) is 41.1 Å². The van der Waals surface area contributed by atoms with Crippen LogP contribution in [0.3, 0.4) is 0 Å². The Hall–Kier alpha value is -3.21. The first-order valence-electron chi connectivity index (χ1n) is 10.6. The second kappa shape index (κ2) is 8.47. The van der Waals surface area contributed by atoms with Crippen molar-refractivity contribution in [2.24, 2.45) is 5.41 Å². The van der Waals surface area contributed by atoms with Gasteiger partial charge in [-0.3, -0.25) is 9.78 Å². The van der Waals surface area contributed by atoms with Crippen molar-refractivity contribution in [3.63, 3.8) is 0 Å². The minimum atomic E-state index is -4.52. The number of rotatable bonds is 9. The van der Waals surface area contributed by atoms with Gasteiger partial charge in [0, 0.05) is 18.7 Å². The fraction of sp³-hybridized carbons (Fsp3) is 0.391. The molecule has 6 rings (SSSR count). The van der Waals surface area contributed by atoms with E-state index >= 15 is 0 Å². The maximum Gasteiger partial charge on any atom is 0.418 e. The average molecular weight is 512 g/mol. The number of halogens is 5. The zero-order valence-electron chi connectivity index (χ0n) is 18.1. The molecule has 0 spiro atoms. The van der Waals surface area contributed by atoms with Gasteiger partial charge in [-0.25, -0.2) is 4.39 Å². The van der Waals surface area contributed by atoms with Gasteiger partial charge in [-0.2, -0.15) is 13.2 Å². The number of pyridine rings is 1. The lowest BCUT2D eigenvalue weighted by Crippen LogP contribution is -2.65. The molecule has 2 heterocycles. The van der Waals surface area contributed by atoms with Crippen LogP contribution < -0.4 is 9.47 Å². The topological polar surface area (TPSA) is 87.3 Å². The van der Waals surface area contributed by atoms with E-state index in [2.05, 4.69) is 15.2 Å². The second-order valence-electron chi connectivity index (χ2n) is 9.09. The van der Waals surface area contributed by atoms with Gasteiger partial charge < -0.3 is 13.9 Å². The lowest BCUT2D eigenvalue weighted by molar-refractivity contribution is -0.168. The molecule has 2 aromatic heterocycles. The Morgan fingerprint density at radius 1 is 1.09 bits per heavy atom. The van der Waals surface area contributed by atoms with Crippen LogP contribution in [0.4, 0.5) is 17.6 Å². The zero-order valence-corrected chi connectivity index (χ0v) is 18.8. The number of alkyl halides is 3. The number of aromatic nitrogens is 3. The van der Waals surface area contributed by atoms with Crippen molar-refractivity contribution >= 4 is 17.4 Å². The summed E-state index contributed by atoms with van der Waals surface area (Å²) in [6.45, 7) is -0.361. The third kappa shape index (κ3) is 4.69. The number of benzene rings is 1. The Kier molecular flexibility index (Phi) is 5.70. The number of carbonyl (C=O) groups excluding carboxylic acids is 1. The van der Waals surface area contributed by atoms with Gasteiger partial charge in [-0.1, -0.05) is 11.6 Å². The molecule has 0 radical (unpaired) electrons. The third-order valence-electron chi connectivity index (χ3n) is 6.33. The first kappa shape index (κ1) is 23.5. The highest BCUT2D eigenvalue weighted by Gasteiger charge is 2.71. The zero-order chi connectivity index (χ0) is 24.8. The summed E-state index contributed by atoms with van der Waals surface area (Å²) in [6.07, 6.45) is -0.181. The van der Waals surface area contributed by atoms with Crippen LogP contribution >= 0.6 is 11.6 Å². The van der Waals surface area contributed by atoms with E-state index in [1.165, 1.54) is 18.3 Å². The van der Waals surface area contributed by atoms with Gasteiger partial charge in [0.05, 0.1) is 22.2 Å². The molecule has 3 fully saturated rings. The molecule has 35 heavy (non-hydrogen) atoms. The van der Waals surface area contributed by atoms with Crippen molar-refractivity contribution in [2.75, 3.05) is 6.61 Å². The molecule has 12 heteroatoms. The normalized spacial score (nSPS) is 22.8. The molecule has 3 aromatic rings. The molecular formula is C23H18ClF4N3O4. The highest BCUT2D eigenvalue weighted by Crippen LogP contribution is 2.74. The van der Waals surface area contributed by atoms with E-state index < -0.39 is 17.6 Å². The summed E-state index contributed by atoms with van der Waals surface area (Å²) in [5.74, 6) is 0.0232. The quantitative estimate of drug-likeness (QED) is 0.359. The fourth-order valence-corrected chi connectivity index (χ4v) is 5.05. The van der Waals surface area contributed by atoms with Crippen LogP contribution in [-0.2, 0) is 23.0 Å². The summed E-state index contributed by atoms with van der Waals surface area (Å²) in [7, 11) is 0. The molecule has 3 aliphatic carbocycles. The molecule has 184 valence electrons. The minimum Gasteiger partial charge on any atom is -0.486 e. The molecule has 1 aromatic carbocycles. The largest absolute Gasteiger partial charge is 0.486 e. The van der Waals surface area contributed by atoms with Gasteiger partial charge in [0.1, 0.15) is 23.9 Å². The Balaban J connectivity index is 1.10. The predicted octanol–water partition coefficient (Wildman–Crippen LogP) is 5.31. The molecule has 0 unspecified atom stereocenters. The van der Waals surface area contributed by atoms with E-state index in [1.807, 2.05) is 0 Å². The number of ketones is 1. The van der Waals surface area contributed by atoms with Crippen LogP contribution in [0, 0.1) is 11.2 Å². The van der Waals surface area contributed by atoms with Crippen molar-refractivity contribution in [3.05, 3.63) is 64.8 Å². The molecule has 2 bridgehead atoms. The van der Waals surface area contributed by atoms with E-state index in [1.54, 1.807) is 0 Å². The number of carbonyl (C=O) groups is 1. The van der Waals surface area contributed by atoms with E-state index in [-0.39, 0.29) is 52.2 Å². The lowest BCUT2D eigenvalue weighted by atomic mass is 9.34. The summed E-state index contributed by atoms with van der Waals surface area (Å²) in [6, 6.07) is 4.84. The van der Waals surface area contributed by atoms with Gasteiger partial charge >= 0.3 is 6.18 Å². The standard InChI is InChI=1S/C23H18ClF4N3O4/c24-17-2-1-15(4-18(17)25)33-8-14(32)5-21-10-22(11-21,12-21)20-31-30-19(35-20)9-34-16-3-13(6-29-7-16)23(26,27)28/h1-4,6-7H,5,8-12H2. The highest BCUT2D eigenvalue weighted by molar-refractivity contribution is 6.30. The van der Waals surface area contributed by atoms with Crippen molar-refractivity contribution in [1.29, 1.82) is 0 Å². The van der Waals surface area contributed by atoms with Crippen LogP contribution in [0.2, 0.25) is 5.02 Å². The van der Waals surface area contributed by atoms with Crippen molar-refractivity contribution < 1.29 is 36.2 Å². The summed E-state index contributed by atoms with van der Waals surface area (Å²) in [5, 5.41) is 7.97. The Bertz CT molecular complexity index is 1260. The monoisotopic (exact) mass is 511 g/mol. The average Bonchev–Trinajstić information content (AvgIpc) is 3.23. The fourth-order valence-electron chi connectivity index (χ4n) is 4.94. The number of hydrogen-bond acceptors (Lipinski definition) is 7. The summed E-state index contributed by atoms with van der Waals surface area (Å²) in [4.78, 5) is 15.9. The number of ether oxygens (including phenoxy) is 2. The molecule has 0 amide bonds. The molecule has 0 N–H and O–H groups in total. The molecular weight excluding hydrogens is 494 g/mol. The maximum atomic E-state index is 13.5. The Labute approximate surface area is 201 Å². The number of Topliss-reactive ketones (excluding diaryl/α,β-unsaturated/α-hetero) is 1. The molecule has 3 saturated carbocycles. The maximum absolute atomic E-state index is 13.5. The van der Waals surface area contributed by atoms with Crippen molar-refractivity contribution in [3.8, 4) is 11.5 Å². The lowest BCUT2D eigenvalue weighted by Gasteiger charge is -2.68. The van der Waals surface area contributed by atoms with Crippen molar-refractivity contribution in [2.45, 2.75) is 43.9 Å². The van der Waals surface area contributed by atoms with Gasteiger partial charge in [0.15, 0.2) is 12.4 Å². The molecule has 3 aliphatic rings. The molecule has 7 nitrogen and oxygen atoms in total. The first-order valence-corrected chi connectivity index (χ1v) is 11.0. The predicted molar refractivity (Wildman–Crippen MR) is 112 cm³/mol. The second-order valence-corrected chi connectivity index (χ2v) is 9.49. The van der Waals surface area contributed by atoms with Crippen LogP contribution in [0.25, 0.3) is 0 Å². The summed E-state index contributed by atoms with van der Waals surface area (Å²) < 4.78 is 68.2. The first-order chi connectivity index (χ1) is 16.6. The Morgan fingerprint density at radius 3 is 2.57 bits per heavy atom. The van der Waals surface area contributed by atoms with Crippen LogP contribution in [0.1, 0.15) is 43.0 Å². The molecule has 0 atom stereocenters. The molecule has 0 saturated heterocycles. The van der Waals surface area contributed by atoms with Gasteiger partial charge in [-0.05, 0) is 42.9 Å². The highest BCUT2D eigenvalue weighted by atomic mass is 35.5. The van der Waals surface area contributed by atoms with E-state index in [9.17, 15) is 22.4 Å². The van der Waals surface area contributed by atoms with Crippen molar-refractivity contribution in [1.82, 2.24) is 15.2 Å². The summed E-state index contributed by atoms with van der Waals surface area (Å²) in [5.41, 5.74) is -1.34. The van der Waals surface area contributed by atoms with Crippen LogP contribution in [-0.4, -0.2) is 27.6 Å². The van der Waals surface area contributed by atoms with E-state index in [0.29, 0.717) is 37.8 Å². The Morgan fingerprint density at radius 2 is 1.86 bits per heavy atom. The SMILES string of the molecule is O=C(COc1ccc(Cl)c(F)c1)CC12CC(c3nnc(COc4cncc(C(F)(F)F)c4)o3)(C1)C2. The van der Waals surface area contributed by atoms with E-state index in [4.69, 9.17) is 25.5 Å². The van der Waals surface area contributed by atoms with Crippen LogP contribution in [0.5, 0.6) is 11.5 Å². The van der Waals surface area contributed by atoms with Gasteiger partial charge in [0.25, 0.3) is 5.89 Å². The van der Waals surface area contributed by atoms with Gasteiger partial charge in [-0.15, -0.1) is 10.2 Å². The number of nitrogens with zero attached hydrogens (tertiary/aromatic N) is 3. The smallest absolute Gasteiger partial charge is 0.418 e.